The van der Waals surface area contributed by atoms with Crippen molar-refractivity contribution in [1.29, 1.82) is 0 Å². The number of benzene rings is 1. The number of carbonyl (C=O) groups excluding carboxylic acids is 1. The van der Waals surface area contributed by atoms with E-state index in [1.165, 1.54) is 19.2 Å². The number of hydrogen-bond acceptors (Lipinski definition) is 5. The van der Waals surface area contributed by atoms with E-state index in [1.54, 1.807) is 0 Å². The van der Waals surface area contributed by atoms with Crippen LogP contribution in [0.4, 0.5) is 13.2 Å². The van der Waals surface area contributed by atoms with Crippen LogP contribution in [-0.4, -0.2) is 60.2 Å². The molecule has 2 bridgehead atoms. The molecule has 172 valence electrons. The fourth-order valence-electron chi connectivity index (χ4n) is 4.86. The SMILES string of the molecule is COCC(=O)NCC1CC2CCN1CC2c1cc(-c2ccc(C(F)(F)F)cc2)nc(C)n1. The van der Waals surface area contributed by atoms with Crippen molar-refractivity contribution < 1.29 is 22.7 Å². The Morgan fingerprint density at radius 2 is 2.00 bits per heavy atom. The number of aryl methyl sites for hydroxylation is 1. The minimum absolute atomic E-state index is 0.0612. The van der Waals surface area contributed by atoms with Gasteiger partial charge in [-0.3, -0.25) is 9.69 Å². The molecule has 6 nitrogen and oxygen atoms in total. The van der Waals surface area contributed by atoms with Crippen LogP contribution in [0.1, 0.15) is 35.8 Å². The summed E-state index contributed by atoms with van der Waals surface area (Å²) in [5.41, 5.74) is 1.54. The van der Waals surface area contributed by atoms with Crippen molar-refractivity contribution in [2.24, 2.45) is 5.92 Å². The molecule has 1 aromatic heterocycles. The van der Waals surface area contributed by atoms with E-state index < -0.39 is 11.7 Å². The van der Waals surface area contributed by atoms with Crippen LogP contribution in [0, 0.1) is 12.8 Å². The number of rotatable bonds is 6. The highest BCUT2D eigenvalue weighted by molar-refractivity contribution is 5.77. The van der Waals surface area contributed by atoms with Crippen molar-refractivity contribution in [2.75, 3.05) is 33.4 Å². The average Bonchev–Trinajstić information content (AvgIpc) is 2.77. The molecule has 3 aliphatic rings. The summed E-state index contributed by atoms with van der Waals surface area (Å²) < 4.78 is 43.5. The summed E-state index contributed by atoms with van der Waals surface area (Å²) in [7, 11) is 1.50. The predicted molar refractivity (Wildman–Crippen MR) is 113 cm³/mol. The summed E-state index contributed by atoms with van der Waals surface area (Å²) in [5, 5.41) is 2.94. The molecule has 4 heterocycles. The maximum Gasteiger partial charge on any atom is 0.416 e. The summed E-state index contributed by atoms with van der Waals surface area (Å²) in [4.78, 5) is 23.3. The van der Waals surface area contributed by atoms with E-state index in [2.05, 4.69) is 20.2 Å². The number of nitrogens with one attached hydrogen (secondary N) is 1. The molecule has 3 fully saturated rings. The van der Waals surface area contributed by atoms with Gasteiger partial charge in [-0.15, -0.1) is 0 Å². The number of ether oxygens (including phenoxy) is 1. The predicted octanol–water partition coefficient (Wildman–Crippen LogP) is 3.41. The highest BCUT2D eigenvalue weighted by Gasteiger charge is 2.41. The van der Waals surface area contributed by atoms with Crippen LogP contribution in [0.5, 0.6) is 0 Å². The van der Waals surface area contributed by atoms with Crippen LogP contribution in [0.3, 0.4) is 0 Å². The lowest BCUT2D eigenvalue weighted by atomic mass is 9.74. The Morgan fingerprint density at radius 1 is 1.25 bits per heavy atom. The highest BCUT2D eigenvalue weighted by atomic mass is 19.4. The second-order valence-electron chi connectivity index (χ2n) is 8.58. The molecule has 0 saturated carbocycles. The maximum absolute atomic E-state index is 12.9. The topological polar surface area (TPSA) is 67.3 Å². The molecule has 1 N–H and O–H groups in total. The molecule has 1 amide bonds. The van der Waals surface area contributed by atoms with Crippen molar-refractivity contribution in [3.05, 3.63) is 47.4 Å². The molecule has 32 heavy (non-hydrogen) atoms. The van der Waals surface area contributed by atoms with E-state index in [0.717, 1.165) is 43.8 Å². The molecule has 0 spiro atoms. The van der Waals surface area contributed by atoms with Gasteiger partial charge in [-0.05, 0) is 50.4 Å². The Morgan fingerprint density at radius 3 is 2.62 bits per heavy atom. The summed E-state index contributed by atoms with van der Waals surface area (Å²) in [6.45, 7) is 4.31. The molecule has 3 aliphatic heterocycles. The standard InChI is InChI=1S/C23H27F3N4O2/c1-14-28-20(15-3-5-17(6-4-15)23(24,25)26)10-21(29-14)19-12-30-8-7-16(19)9-18(30)11-27-22(31)13-32-2/h3-6,10,16,18-19H,7-9,11-13H2,1-2H3,(H,27,31). The quantitative estimate of drug-likeness (QED) is 0.734. The van der Waals surface area contributed by atoms with Crippen LogP contribution in [-0.2, 0) is 15.7 Å². The lowest BCUT2D eigenvalue weighted by Crippen LogP contribution is -2.56. The number of carbonyl (C=O) groups is 1. The molecule has 3 saturated heterocycles. The number of aromatic nitrogens is 2. The lowest BCUT2D eigenvalue weighted by molar-refractivity contribution is -0.137. The first-order valence-corrected chi connectivity index (χ1v) is 10.8. The molecule has 0 aliphatic carbocycles. The number of nitrogens with zero attached hydrogens (tertiary/aromatic N) is 3. The van der Waals surface area contributed by atoms with Gasteiger partial charge in [0.15, 0.2) is 0 Å². The zero-order chi connectivity index (χ0) is 22.9. The second-order valence-corrected chi connectivity index (χ2v) is 8.58. The van der Waals surface area contributed by atoms with E-state index >= 15 is 0 Å². The summed E-state index contributed by atoms with van der Waals surface area (Å²) in [6, 6.07) is 7.31. The van der Waals surface area contributed by atoms with Crippen LogP contribution in [0.2, 0.25) is 0 Å². The summed E-state index contributed by atoms with van der Waals surface area (Å²) in [5.74, 6) is 1.18. The van der Waals surface area contributed by atoms with Crippen molar-refractivity contribution in [1.82, 2.24) is 20.2 Å². The Balaban J connectivity index is 1.49. The van der Waals surface area contributed by atoms with Gasteiger partial charge in [-0.25, -0.2) is 9.97 Å². The van der Waals surface area contributed by atoms with Gasteiger partial charge in [0, 0.05) is 43.4 Å². The van der Waals surface area contributed by atoms with Crippen molar-refractivity contribution in [3.8, 4) is 11.3 Å². The number of amides is 1. The first kappa shape index (κ1) is 22.7. The fraction of sp³-hybridized carbons (Fsp3) is 0.522. The van der Waals surface area contributed by atoms with Crippen LogP contribution in [0.15, 0.2) is 30.3 Å². The average molecular weight is 448 g/mol. The van der Waals surface area contributed by atoms with Gasteiger partial charge < -0.3 is 10.1 Å². The van der Waals surface area contributed by atoms with Crippen LogP contribution < -0.4 is 5.32 Å². The van der Waals surface area contributed by atoms with E-state index in [9.17, 15) is 18.0 Å². The lowest BCUT2D eigenvalue weighted by Gasteiger charge is -2.49. The van der Waals surface area contributed by atoms with Crippen LogP contribution >= 0.6 is 0 Å². The molecule has 1 aromatic carbocycles. The molecule has 2 aromatic rings. The minimum Gasteiger partial charge on any atom is -0.375 e. The van der Waals surface area contributed by atoms with Gasteiger partial charge in [0.1, 0.15) is 12.4 Å². The number of alkyl halides is 3. The van der Waals surface area contributed by atoms with E-state index in [-0.39, 0.29) is 18.4 Å². The Labute approximate surface area is 185 Å². The van der Waals surface area contributed by atoms with Crippen molar-refractivity contribution >= 4 is 5.91 Å². The molecule has 9 heteroatoms. The van der Waals surface area contributed by atoms with E-state index in [1.807, 2.05) is 13.0 Å². The molecule has 0 radical (unpaired) electrons. The van der Waals surface area contributed by atoms with Crippen molar-refractivity contribution in [2.45, 2.75) is 37.9 Å². The Hall–Kier alpha value is -2.52. The number of piperidine rings is 3. The second kappa shape index (κ2) is 9.15. The Bertz CT molecular complexity index is 965. The van der Waals surface area contributed by atoms with E-state index in [0.29, 0.717) is 35.6 Å². The smallest absolute Gasteiger partial charge is 0.375 e. The van der Waals surface area contributed by atoms with Gasteiger partial charge in [-0.1, -0.05) is 12.1 Å². The highest BCUT2D eigenvalue weighted by Crippen LogP contribution is 2.41. The van der Waals surface area contributed by atoms with Gasteiger partial charge in [-0.2, -0.15) is 13.2 Å². The minimum atomic E-state index is -4.36. The van der Waals surface area contributed by atoms with Crippen LogP contribution in [0.25, 0.3) is 11.3 Å². The first-order valence-electron chi connectivity index (χ1n) is 10.8. The fourth-order valence-corrected chi connectivity index (χ4v) is 4.86. The number of fused-ring (bicyclic) bond motifs is 3. The third kappa shape index (κ3) is 4.94. The number of methoxy groups -OCH3 is 1. The summed E-state index contributed by atoms with van der Waals surface area (Å²) >= 11 is 0. The number of hydrogen-bond donors (Lipinski definition) is 1. The van der Waals surface area contributed by atoms with Gasteiger partial charge >= 0.3 is 6.18 Å². The maximum atomic E-state index is 12.9. The molecule has 4 atom stereocenters. The normalized spacial score (nSPS) is 25.0. The van der Waals surface area contributed by atoms with Crippen molar-refractivity contribution in [3.63, 3.8) is 0 Å². The molecular formula is C23H27F3N4O2. The third-order valence-corrected chi connectivity index (χ3v) is 6.43. The van der Waals surface area contributed by atoms with Gasteiger partial charge in [0.05, 0.1) is 11.3 Å². The largest absolute Gasteiger partial charge is 0.416 e. The zero-order valence-corrected chi connectivity index (χ0v) is 18.2. The summed E-state index contributed by atoms with van der Waals surface area (Å²) in [6.07, 6.45) is -2.33. The molecular weight excluding hydrogens is 421 g/mol. The zero-order valence-electron chi connectivity index (χ0n) is 18.2. The van der Waals surface area contributed by atoms with E-state index in [4.69, 9.17) is 4.74 Å². The van der Waals surface area contributed by atoms with Gasteiger partial charge in [0.25, 0.3) is 0 Å². The third-order valence-electron chi connectivity index (χ3n) is 6.43. The Kier molecular flexibility index (Phi) is 6.48. The molecule has 4 unspecified atom stereocenters. The molecule has 5 rings (SSSR count). The first-order chi connectivity index (χ1) is 15.2. The van der Waals surface area contributed by atoms with Gasteiger partial charge in [0.2, 0.25) is 5.91 Å². The number of halogens is 3. The monoisotopic (exact) mass is 448 g/mol.